The van der Waals surface area contributed by atoms with Crippen LogP contribution in [-0.2, 0) is 0 Å². The van der Waals surface area contributed by atoms with Crippen molar-refractivity contribution in [2.24, 2.45) is 5.84 Å². The fraction of sp³-hybridized carbons (Fsp3) is 0.133. The lowest BCUT2D eigenvalue weighted by molar-refractivity contribution is 0.102. The highest BCUT2D eigenvalue weighted by atomic mass is 16.1. The number of benzene rings is 2. The number of hydrogen-bond donors (Lipinski definition) is 3. The zero-order chi connectivity index (χ0) is 13.8. The molecule has 4 nitrogen and oxygen atoms in total. The number of aryl methyl sites for hydroxylation is 2. The topological polar surface area (TPSA) is 67.2 Å². The molecule has 2 aromatic rings. The van der Waals surface area contributed by atoms with E-state index in [0.717, 1.165) is 16.8 Å². The first-order valence-corrected chi connectivity index (χ1v) is 6.06. The van der Waals surface area contributed by atoms with Crippen LogP contribution in [0.5, 0.6) is 0 Å². The monoisotopic (exact) mass is 255 g/mol. The number of anilines is 2. The zero-order valence-electron chi connectivity index (χ0n) is 11.0. The average Bonchev–Trinajstić information content (AvgIpc) is 2.42. The molecule has 0 radical (unpaired) electrons. The molecule has 0 atom stereocenters. The van der Waals surface area contributed by atoms with Gasteiger partial charge in [-0.05, 0) is 37.1 Å². The highest BCUT2D eigenvalue weighted by Gasteiger charge is 2.12. The first-order valence-electron chi connectivity index (χ1n) is 6.06. The van der Waals surface area contributed by atoms with Crippen molar-refractivity contribution in [1.82, 2.24) is 0 Å². The number of hydrogen-bond acceptors (Lipinski definition) is 3. The van der Waals surface area contributed by atoms with Gasteiger partial charge in [-0.25, -0.2) is 0 Å². The Morgan fingerprint density at radius 3 is 2.26 bits per heavy atom. The molecule has 0 spiro atoms. The van der Waals surface area contributed by atoms with E-state index in [9.17, 15) is 4.79 Å². The Hall–Kier alpha value is -2.33. The third-order valence-corrected chi connectivity index (χ3v) is 3.05. The highest BCUT2D eigenvalue weighted by Crippen LogP contribution is 2.22. The van der Waals surface area contributed by atoms with Crippen molar-refractivity contribution in [2.75, 3.05) is 10.7 Å². The van der Waals surface area contributed by atoms with Crippen LogP contribution >= 0.6 is 0 Å². The maximum Gasteiger partial charge on any atom is 0.257 e. The molecule has 0 heterocycles. The molecular formula is C15H17N3O. The summed E-state index contributed by atoms with van der Waals surface area (Å²) in [6.07, 6.45) is 0. The van der Waals surface area contributed by atoms with E-state index in [0.29, 0.717) is 11.3 Å². The van der Waals surface area contributed by atoms with Crippen LogP contribution in [0.25, 0.3) is 0 Å². The van der Waals surface area contributed by atoms with E-state index in [4.69, 9.17) is 5.84 Å². The van der Waals surface area contributed by atoms with E-state index in [-0.39, 0.29) is 5.91 Å². The van der Waals surface area contributed by atoms with Gasteiger partial charge in [0.25, 0.3) is 5.91 Å². The van der Waals surface area contributed by atoms with Crippen LogP contribution in [0.1, 0.15) is 21.5 Å². The maximum absolute atomic E-state index is 12.3. The minimum atomic E-state index is -0.175. The average molecular weight is 255 g/mol. The van der Waals surface area contributed by atoms with Crippen LogP contribution in [-0.4, -0.2) is 5.91 Å². The third kappa shape index (κ3) is 2.74. The van der Waals surface area contributed by atoms with E-state index < -0.39 is 0 Å². The predicted octanol–water partition coefficient (Wildman–Crippen LogP) is 2.84. The Labute approximate surface area is 112 Å². The maximum atomic E-state index is 12.3. The van der Waals surface area contributed by atoms with Crippen molar-refractivity contribution in [1.29, 1.82) is 0 Å². The van der Waals surface area contributed by atoms with Crippen molar-refractivity contribution < 1.29 is 4.79 Å². The zero-order valence-corrected chi connectivity index (χ0v) is 11.0. The Bertz CT molecular complexity index is 588. The molecule has 0 fully saturated rings. The fourth-order valence-corrected chi connectivity index (χ4v) is 2.00. The lowest BCUT2D eigenvalue weighted by Gasteiger charge is -2.13. The minimum Gasteiger partial charge on any atom is -0.323 e. The van der Waals surface area contributed by atoms with Crippen LogP contribution in [0.15, 0.2) is 42.5 Å². The normalized spacial score (nSPS) is 10.1. The van der Waals surface area contributed by atoms with Crippen LogP contribution in [0, 0.1) is 13.8 Å². The lowest BCUT2D eigenvalue weighted by atomic mass is 10.1. The summed E-state index contributed by atoms with van der Waals surface area (Å²) in [5.74, 6) is 5.24. The number of carbonyl (C=O) groups excluding carboxylic acids is 1. The van der Waals surface area contributed by atoms with Gasteiger partial charge in [0.1, 0.15) is 0 Å². The molecule has 0 saturated carbocycles. The van der Waals surface area contributed by atoms with E-state index >= 15 is 0 Å². The predicted molar refractivity (Wildman–Crippen MR) is 78.1 cm³/mol. The summed E-state index contributed by atoms with van der Waals surface area (Å²) in [5.41, 5.74) is 6.57. The Morgan fingerprint density at radius 2 is 1.63 bits per heavy atom. The molecule has 98 valence electrons. The Morgan fingerprint density at radius 1 is 1.00 bits per heavy atom. The summed E-state index contributed by atoms with van der Waals surface area (Å²) in [6, 6.07) is 13.0. The standard InChI is InChI=1S/C15H17N3O/c1-10-6-5-7-11(2)14(10)17-15(19)12-8-3-4-9-13(12)18-16/h3-9,18H,16H2,1-2H3,(H,17,19). The molecule has 0 unspecified atom stereocenters. The molecule has 2 rings (SSSR count). The molecule has 0 aromatic heterocycles. The largest absolute Gasteiger partial charge is 0.323 e. The fourth-order valence-electron chi connectivity index (χ4n) is 2.00. The van der Waals surface area contributed by atoms with Crippen LogP contribution < -0.4 is 16.6 Å². The van der Waals surface area contributed by atoms with Gasteiger partial charge >= 0.3 is 0 Å². The highest BCUT2D eigenvalue weighted by molar-refractivity contribution is 6.08. The molecule has 1 amide bonds. The van der Waals surface area contributed by atoms with Crippen molar-refractivity contribution in [3.63, 3.8) is 0 Å². The molecule has 4 heteroatoms. The van der Waals surface area contributed by atoms with Crippen molar-refractivity contribution in [3.05, 3.63) is 59.2 Å². The minimum absolute atomic E-state index is 0.175. The van der Waals surface area contributed by atoms with E-state index in [1.807, 2.05) is 38.1 Å². The number of amides is 1. The Balaban J connectivity index is 2.31. The van der Waals surface area contributed by atoms with Gasteiger partial charge in [-0.1, -0.05) is 30.3 Å². The van der Waals surface area contributed by atoms with Crippen molar-refractivity contribution in [3.8, 4) is 0 Å². The summed E-state index contributed by atoms with van der Waals surface area (Å²) >= 11 is 0. The van der Waals surface area contributed by atoms with Gasteiger partial charge in [-0.15, -0.1) is 0 Å². The number of carbonyl (C=O) groups is 1. The SMILES string of the molecule is Cc1cccc(C)c1NC(=O)c1ccccc1NN. The quantitative estimate of drug-likeness (QED) is 0.583. The van der Waals surface area contributed by atoms with E-state index in [1.165, 1.54) is 0 Å². The van der Waals surface area contributed by atoms with Crippen molar-refractivity contribution >= 4 is 17.3 Å². The van der Waals surface area contributed by atoms with Crippen LogP contribution in [0.3, 0.4) is 0 Å². The van der Waals surface area contributed by atoms with Crippen molar-refractivity contribution in [2.45, 2.75) is 13.8 Å². The number of nitrogen functional groups attached to an aromatic ring is 1. The summed E-state index contributed by atoms with van der Waals surface area (Å²) < 4.78 is 0. The van der Waals surface area contributed by atoms with E-state index in [2.05, 4.69) is 10.7 Å². The second kappa shape index (κ2) is 5.54. The van der Waals surface area contributed by atoms with Gasteiger partial charge in [0, 0.05) is 5.69 Å². The summed E-state index contributed by atoms with van der Waals surface area (Å²) in [5, 5.41) is 2.93. The smallest absolute Gasteiger partial charge is 0.257 e. The molecular weight excluding hydrogens is 238 g/mol. The summed E-state index contributed by atoms with van der Waals surface area (Å²) in [7, 11) is 0. The first-order chi connectivity index (χ1) is 9.13. The second-order valence-electron chi connectivity index (χ2n) is 4.41. The van der Waals surface area contributed by atoms with Gasteiger partial charge in [0.15, 0.2) is 0 Å². The molecule has 2 aromatic carbocycles. The molecule has 0 saturated heterocycles. The van der Waals surface area contributed by atoms with Gasteiger partial charge in [0.2, 0.25) is 0 Å². The van der Waals surface area contributed by atoms with Crippen LogP contribution in [0.4, 0.5) is 11.4 Å². The summed E-state index contributed by atoms with van der Waals surface area (Å²) in [4.78, 5) is 12.3. The molecule has 0 aliphatic rings. The molecule has 4 N–H and O–H groups in total. The lowest BCUT2D eigenvalue weighted by Crippen LogP contribution is -2.18. The molecule has 0 bridgehead atoms. The molecule has 0 aliphatic carbocycles. The summed E-state index contributed by atoms with van der Waals surface area (Å²) in [6.45, 7) is 3.94. The number of hydrazine groups is 1. The molecule has 0 aliphatic heterocycles. The van der Waals surface area contributed by atoms with Gasteiger partial charge in [-0.2, -0.15) is 0 Å². The van der Waals surface area contributed by atoms with E-state index in [1.54, 1.807) is 18.2 Å². The first kappa shape index (κ1) is 13.1. The van der Waals surface area contributed by atoms with Gasteiger partial charge < -0.3 is 10.7 Å². The number of para-hydroxylation sites is 2. The number of rotatable bonds is 3. The second-order valence-corrected chi connectivity index (χ2v) is 4.41. The Kier molecular flexibility index (Phi) is 3.82. The third-order valence-electron chi connectivity index (χ3n) is 3.05. The number of nitrogens with one attached hydrogen (secondary N) is 2. The van der Waals surface area contributed by atoms with Crippen LogP contribution in [0.2, 0.25) is 0 Å². The van der Waals surface area contributed by atoms with Gasteiger partial charge in [0.05, 0.1) is 11.3 Å². The number of nitrogens with two attached hydrogens (primary N) is 1. The van der Waals surface area contributed by atoms with Gasteiger partial charge in [-0.3, -0.25) is 10.6 Å². The molecule has 19 heavy (non-hydrogen) atoms.